The highest BCUT2D eigenvalue weighted by atomic mass is 16.7. The average molecular weight is 259 g/mol. The summed E-state index contributed by atoms with van der Waals surface area (Å²) in [5.41, 5.74) is 9.14. The maximum Gasteiger partial charge on any atom is 0.231 e. The number of ether oxygens (including phenoxy) is 2. The van der Waals surface area contributed by atoms with Crippen LogP contribution in [0, 0.1) is 0 Å². The molecule has 0 saturated heterocycles. The molecule has 0 radical (unpaired) electrons. The average Bonchev–Trinajstić information content (AvgIpc) is 2.94. The number of benzene rings is 1. The SMILES string of the molecule is CC(C)c1nn(C)c(N)c1-c1ccc2c(c1)OCO2. The summed E-state index contributed by atoms with van der Waals surface area (Å²) in [6.07, 6.45) is 0. The number of nitrogen functional groups attached to an aromatic ring is 1. The zero-order chi connectivity index (χ0) is 13.6. The van der Waals surface area contributed by atoms with E-state index in [1.165, 1.54) is 0 Å². The zero-order valence-corrected chi connectivity index (χ0v) is 11.3. The first-order valence-electron chi connectivity index (χ1n) is 6.30. The largest absolute Gasteiger partial charge is 0.454 e. The predicted octanol–water partition coefficient (Wildman–Crippen LogP) is 2.52. The maximum absolute atomic E-state index is 6.15. The van der Waals surface area contributed by atoms with Crippen LogP contribution in [-0.2, 0) is 7.05 Å². The highest BCUT2D eigenvalue weighted by Crippen LogP contribution is 2.39. The van der Waals surface area contributed by atoms with Crippen molar-refractivity contribution in [3.8, 4) is 22.6 Å². The Bertz CT molecular complexity index is 632. The summed E-state index contributed by atoms with van der Waals surface area (Å²) in [5, 5.41) is 4.50. The van der Waals surface area contributed by atoms with Gasteiger partial charge in [0.2, 0.25) is 6.79 Å². The first-order chi connectivity index (χ1) is 9.08. The molecule has 0 saturated carbocycles. The molecule has 2 N–H and O–H groups in total. The lowest BCUT2D eigenvalue weighted by atomic mass is 9.99. The van der Waals surface area contributed by atoms with E-state index in [0.717, 1.165) is 28.3 Å². The minimum atomic E-state index is 0.276. The number of anilines is 1. The Morgan fingerprint density at radius 1 is 1.26 bits per heavy atom. The van der Waals surface area contributed by atoms with Gasteiger partial charge in [-0.2, -0.15) is 5.10 Å². The van der Waals surface area contributed by atoms with Crippen molar-refractivity contribution in [2.24, 2.45) is 7.05 Å². The van der Waals surface area contributed by atoms with E-state index in [2.05, 4.69) is 18.9 Å². The van der Waals surface area contributed by atoms with Gasteiger partial charge in [0.15, 0.2) is 11.5 Å². The Balaban J connectivity index is 2.16. The summed E-state index contributed by atoms with van der Waals surface area (Å²) in [6, 6.07) is 5.86. The van der Waals surface area contributed by atoms with E-state index in [-0.39, 0.29) is 6.79 Å². The van der Waals surface area contributed by atoms with E-state index in [9.17, 15) is 0 Å². The molecule has 19 heavy (non-hydrogen) atoms. The molecule has 5 heteroatoms. The lowest BCUT2D eigenvalue weighted by molar-refractivity contribution is 0.174. The molecular formula is C14H17N3O2. The van der Waals surface area contributed by atoms with Crippen molar-refractivity contribution in [1.29, 1.82) is 0 Å². The van der Waals surface area contributed by atoms with Gasteiger partial charge < -0.3 is 15.2 Å². The second-order valence-corrected chi connectivity index (χ2v) is 4.99. The van der Waals surface area contributed by atoms with Crippen LogP contribution in [0.4, 0.5) is 5.82 Å². The van der Waals surface area contributed by atoms with Gasteiger partial charge in [-0.1, -0.05) is 19.9 Å². The normalized spacial score (nSPS) is 13.3. The van der Waals surface area contributed by atoms with Gasteiger partial charge >= 0.3 is 0 Å². The van der Waals surface area contributed by atoms with Crippen LogP contribution in [0.25, 0.3) is 11.1 Å². The molecule has 0 fully saturated rings. The maximum atomic E-state index is 6.15. The molecule has 0 atom stereocenters. The fourth-order valence-corrected chi connectivity index (χ4v) is 2.31. The summed E-state index contributed by atoms with van der Waals surface area (Å²) in [5.74, 6) is 2.51. The molecule has 3 rings (SSSR count). The quantitative estimate of drug-likeness (QED) is 0.900. The molecule has 0 spiro atoms. The number of aryl methyl sites for hydroxylation is 1. The molecule has 0 bridgehead atoms. The molecule has 1 aromatic heterocycles. The second-order valence-electron chi connectivity index (χ2n) is 4.99. The molecule has 2 heterocycles. The molecule has 100 valence electrons. The van der Waals surface area contributed by atoms with Crippen molar-refractivity contribution in [2.45, 2.75) is 19.8 Å². The molecule has 0 amide bonds. The van der Waals surface area contributed by atoms with Crippen molar-refractivity contribution < 1.29 is 9.47 Å². The number of fused-ring (bicyclic) bond motifs is 1. The van der Waals surface area contributed by atoms with Crippen molar-refractivity contribution in [3.63, 3.8) is 0 Å². The summed E-state index contributed by atoms with van der Waals surface area (Å²) >= 11 is 0. The van der Waals surface area contributed by atoms with Crippen molar-refractivity contribution >= 4 is 5.82 Å². The van der Waals surface area contributed by atoms with Crippen molar-refractivity contribution in [2.75, 3.05) is 12.5 Å². The molecule has 1 aromatic carbocycles. The van der Waals surface area contributed by atoms with Gasteiger partial charge in [-0.3, -0.25) is 4.68 Å². The van der Waals surface area contributed by atoms with Crippen LogP contribution in [-0.4, -0.2) is 16.6 Å². The number of hydrogen-bond acceptors (Lipinski definition) is 4. The Morgan fingerprint density at radius 3 is 2.74 bits per heavy atom. The molecule has 0 unspecified atom stereocenters. The number of nitrogens with zero attached hydrogens (tertiary/aromatic N) is 2. The van der Waals surface area contributed by atoms with Gasteiger partial charge in [-0.25, -0.2) is 0 Å². The Labute approximate surface area is 111 Å². The van der Waals surface area contributed by atoms with Crippen LogP contribution in [0.1, 0.15) is 25.5 Å². The third-order valence-corrected chi connectivity index (χ3v) is 3.33. The van der Waals surface area contributed by atoms with Gasteiger partial charge in [0.25, 0.3) is 0 Å². The van der Waals surface area contributed by atoms with Crippen molar-refractivity contribution in [3.05, 3.63) is 23.9 Å². The third kappa shape index (κ3) is 1.82. The van der Waals surface area contributed by atoms with Gasteiger partial charge in [-0.15, -0.1) is 0 Å². The number of aromatic nitrogens is 2. The number of nitrogens with two attached hydrogens (primary N) is 1. The smallest absolute Gasteiger partial charge is 0.231 e. The van der Waals surface area contributed by atoms with E-state index in [1.807, 2.05) is 25.2 Å². The highest BCUT2D eigenvalue weighted by Gasteiger charge is 2.21. The van der Waals surface area contributed by atoms with Crippen LogP contribution in [0.15, 0.2) is 18.2 Å². The van der Waals surface area contributed by atoms with E-state index in [0.29, 0.717) is 11.7 Å². The van der Waals surface area contributed by atoms with E-state index >= 15 is 0 Å². The van der Waals surface area contributed by atoms with E-state index < -0.39 is 0 Å². The Kier molecular flexibility index (Phi) is 2.62. The second kappa shape index (κ2) is 4.19. The molecule has 2 aromatic rings. The Hall–Kier alpha value is -2.17. The third-order valence-electron chi connectivity index (χ3n) is 3.33. The van der Waals surface area contributed by atoms with Crippen LogP contribution in [0.2, 0.25) is 0 Å². The molecule has 5 nitrogen and oxygen atoms in total. The molecule has 1 aliphatic heterocycles. The lowest BCUT2D eigenvalue weighted by Crippen LogP contribution is -1.98. The zero-order valence-electron chi connectivity index (χ0n) is 11.3. The minimum absolute atomic E-state index is 0.276. The highest BCUT2D eigenvalue weighted by molar-refractivity contribution is 5.78. The Morgan fingerprint density at radius 2 is 2.00 bits per heavy atom. The van der Waals surface area contributed by atoms with Gasteiger partial charge in [0.1, 0.15) is 5.82 Å². The molecular weight excluding hydrogens is 242 g/mol. The summed E-state index contributed by atoms with van der Waals surface area (Å²) in [4.78, 5) is 0. The molecule has 1 aliphatic rings. The minimum Gasteiger partial charge on any atom is -0.454 e. The van der Waals surface area contributed by atoms with Crippen LogP contribution < -0.4 is 15.2 Å². The van der Waals surface area contributed by atoms with Crippen LogP contribution in [0.5, 0.6) is 11.5 Å². The summed E-state index contributed by atoms with van der Waals surface area (Å²) in [6.45, 7) is 4.49. The van der Waals surface area contributed by atoms with Gasteiger partial charge in [-0.05, 0) is 23.6 Å². The lowest BCUT2D eigenvalue weighted by Gasteiger charge is -2.07. The summed E-state index contributed by atoms with van der Waals surface area (Å²) < 4.78 is 12.5. The van der Waals surface area contributed by atoms with Crippen LogP contribution >= 0.6 is 0 Å². The van der Waals surface area contributed by atoms with E-state index in [4.69, 9.17) is 15.2 Å². The first kappa shape index (κ1) is 11.9. The monoisotopic (exact) mass is 259 g/mol. The topological polar surface area (TPSA) is 62.3 Å². The number of hydrogen-bond donors (Lipinski definition) is 1. The van der Waals surface area contributed by atoms with E-state index in [1.54, 1.807) is 4.68 Å². The van der Waals surface area contributed by atoms with Gasteiger partial charge in [0, 0.05) is 12.6 Å². The van der Waals surface area contributed by atoms with Crippen molar-refractivity contribution in [1.82, 2.24) is 9.78 Å². The first-order valence-corrected chi connectivity index (χ1v) is 6.30. The fourth-order valence-electron chi connectivity index (χ4n) is 2.31. The predicted molar refractivity (Wildman–Crippen MR) is 73.3 cm³/mol. The fraction of sp³-hybridized carbons (Fsp3) is 0.357. The van der Waals surface area contributed by atoms with Crippen LogP contribution in [0.3, 0.4) is 0 Å². The molecule has 0 aliphatic carbocycles. The standard InChI is InChI=1S/C14H17N3O2/c1-8(2)13-12(14(15)17(3)16-13)9-4-5-10-11(6-9)19-7-18-10/h4-6,8H,7,15H2,1-3H3. The van der Waals surface area contributed by atoms with Gasteiger partial charge in [0.05, 0.1) is 5.69 Å². The summed E-state index contributed by atoms with van der Waals surface area (Å²) in [7, 11) is 1.86. The number of rotatable bonds is 2.